The predicted molar refractivity (Wildman–Crippen MR) is 68.6 cm³/mol. The zero-order valence-corrected chi connectivity index (χ0v) is 10.7. The van der Waals surface area contributed by atoms with Crippen LogP contribution in [0.25, 0.3) is 5.65 Å². The van der Waals surface area contributed by atoms with Gasteiger partial charge in [-0.25, -0.2) is 4.98 Å². The molecule has 0 saturated carbocycles. The van der Waals surface area contributed by atoms with E-state index >= 15 is 0 Å². The Kier molecular flexibility index (Phi) is 3.88. The highest BCUT2D eigenvalue weighted by molar-refractivity contribution is 5.92. The third kappa shape index (κ3) is 2.95. The molecular formula is C12H14N4O3. The molecule has 7 nitrogen and oxygen atoms in total. The number of nitrogens with zero attached hydrogens (tertiary/aromatic N) is 3. The van der Waals surface area contributed by atoms with Crippen molar-refractivity contribution in [1.82, 2.24) is 19.8 Å². The van der Waals surface area contributed by atoms with Gasteiger partial charge in [-0.05, 0) is 12.1 Å². The van der Waals surface area contributed by atoms with Gasteiger partial charge in [0, 0.05) is 19.3 Å². The van der Waals surface area contributed by atoms with Gasteiger partial charge in [0.25, 0.3) is 11.5 Å². The topological polar surface area (TPSA) is 75.9 Å². The summed E-state index contributed by atoms with van der Waals surface area (Å²) in [7, 11) is 3.16. The molecule has 0 saturated heterocycles. The van der Waals surface area contributed by atoms with E-state index in [1.165, 1.54) is 22.6 Å². The summed E-state index contributed by atoms with van der Waals surface area (Å²) in [5.41, 5.74) is 0.219. The summed E-state index contributed by atoms with van der Waals surface area (Å²) in [5.74, 6) is -0.424. The van der Waals surface area contributed by atoms with Gasteiger partial charge < -0.3 is 10.2 Å². The number of hydrogen-bond donors (Lipinski definition) is 1. The molecule has 0 spiro atoms. The molecule has 1 N–H and O–H groups in total. The van der Waals surface area contributed by atoms with Gasteiger partial charge in [0.15, 0.2) is 0 Å². The van der Waals surface area contributed by atoms with Crippen molar-refractivity contribution in [3.05, 3.63) is 46.5 Å². The minimum atomic E-state index is -0.424. The van der Waals surface area contributed by atoms with Crippen molar-refractivity contribution in [3.8, 4) is 0 Å². The number of hydrogen-bond acceptors (Lipinski definition) is 5. The Morgan fingerprint density at radius 1 is 1.53 bits per heavy atom. The van der Waals surface area contributed by atoms with Crippen LogP contribution in [0.15, 0.2) is 35.3 Å². The van der Waals surface area contributed by atoms with Crippen LogP contribution in [0, 0.1) is 0 Å². The number of pyridine rings is 1. The number of aromatic nitrogens is 2. The minimum Gasteiger partial charge on any atom is -0.336 e. The molecule has 0 aromatic carbocycles. The van der Waals surface area contributed by atoms with E-state index in [4.69, 9.17) is 4.84 Å². The second kappa shape index (κ2) is 5.59. The van der Waals surface area contributed by atoms with Crippen LogP contribution in [-0.2, 0) is 4.84 Å². The quantitative estimate of drug-likeness (QED) is 0.614. The Morgan fingerprint density at radius 2 is 2.32 bits per heavy atom. The van der Waals surface area contributed by atoms with Gasteiger partial charge in [-0.15, -0.1) is 0 Å². The predicted octanol–water partition coefficient (Wildman–Crippen LogP) is -0.125. The van der Waals surface area contributed by atoms with Crippen molar-refractivity contribution in [1.29, 1.82) is 0 Å². The fourth-order valence-electron chi connectivity index (χ4n) is 1.51. The van der Waals surface area contributed by atoms with Gasteiger partial charge in [0.1, 0.15) is 11.3 Å². The first-order chi connectivity index (χ1) is 9.11. The zero-order valence-electron chi connectivity index (χ0n) is 10.7. The van der Waals surface area contributed by atoms with Gasteiger partial charge in [0.2, 0.25) is 0 Å². The van der Waals surface area contributed by atoms with E-state index in [2.05, 4.69) is 10.3 Å². The molecule has 2 heterocycles. The molecule has 0 aliphatic carbocycles. The molecule has 2 rings (SSSR count). The molecule has 1 amide bonds. The molecule has 0 atom stereocenters. The summed E-state index contributed by atoms with van der Waals surface area (Å²) < 4.78 is 1.37. The summed E-state index contributed by atoms with van der Waals surface area (Å²) in [5, 5.41) is 4.03. The molecule has 0 fully saturated rings. The van der Waals surface area contributed by atoms with Crippen LogP contribution in [-0.4, -0.2) is 41.2 Å². The Hall–Kier alpha value is -2.25. The summed E-state index contributed by atoms with van der Waals surface area (Å²) in [4.78, 5) is 32.7. The number of hydroxylamine groups is 2. The first-order valence-corrected chi connectivity index (χ1v) is 5.63. The molecule has 100 valence electrons. The molecule has 0 radical (unpaired) electrons. The first-order valence-electron chi connectivity index (χ1n) is 5.63. The lowest BCUT2D eigenvalue weighted by molar-refractivity contribution is -0.112. The number of amides is 1. The van der Waals surface area contributed by atoms with Crippen LogP contribution in [0.5, 0.6) is 0 Å². The molecule has 2 aromatic rings. The monoisotopic (exact) mass is 262 g/mol. The van der Waals surface area contributed by atoms with Crippen LogP contribution in [0.1, 0.15) is 10.5 Å². The second-order valence-electron chi connectivity index (χ2n) is 3.88. The highest BCUT2D eigenvalue weighted by Crippen LogP contribution is 1.98. The SMILES string of the molecule is CON(C)CNC(=O)c1cc(=O)n2ccccc2n1. The molecule has 0 aliphatic heterocycles. The average Bonchev–Trinajstić information content (AvgIpc) is 2.44. The standard InChI is InChI=1S/C12H14N4O3/c1-15(19-2)8-13-12(18)9-7-11(17)16-6-4-3-5-10(16)14-9/h3-7H,8H2,1-2H3,(H,13,18). The lowest BCUT2D eigenvalue weighted by atomic mass is 10.3. The normalized spacial score (nSPS) is 10.9. The van der Waals surface area contributed by atoms with Crippen molar-refractivity contribution >= 4 is 11.6 Å². The molecule has 19 heavy (non-hydrogen) atoms. The third-order valence-corrected chi connectivity index (χ3v) is 2.58. The zero-order chi connectivity index (χ0) is 13.8. The Labute approximate surface area is 109 Å². The van der Waals surface area contributed by atoms with Gasteiger partial charge in [-0.1, -0.05) is 6.07 Å². The van der Waals surface area contributed by atoms with E-state index in [0.717, 1.165) is 0 Å². The Bertz CT molecular complexity index is 653. The summed E-state index contributed by atoms with van der Waals surface area (Å²) in [6, 6.07) is 6.35. The van der Waals surface area contributed by atoms with E-state index in [1.54, 1.807) is 31.4 Å². The van der Waals surface area contributed by atoms with E-state index in [9.17, 15) is 9.59 Å². The minimum absolute atomic E-state index is 0.0840. The fraction of sp³-hybridized carbons (Fsp3) is 0.250. The van der Waals surface area contributed by atoms with Crippen LogP contribution < -0.4 is 10.9 Å². The van der Waals surface area contributed by atoms with Gasteiger partial charge >= 0.3 is 0 Å². The van der Waals surface area contributed by atoms with Crippen molar-refractivity contribution < 1.29 is 9.63 Å². The van der Waals surface area contributed by atoms with Crippen LogP contribution in [0.4, 0.5) is 0 Å². The summed E-state index contributed by atoms with van der Waals surface area (Å²) in [6.07, 6.45) is 1.60. The first kappa shape index (κ1) is 13.2. The highest BCUT2D eigenvalue weighted by atomic mass is 16.7. The van der Waals surface area contributed by atoms with E-state index in [0.29, 0.717) is 5.65 Å². The Balaban J connectivity index is 2.25. The van der Waals surface area contributed by atoms with Gasteiger partial charge in [0.05, 0.1) is 13.8 Å². The Morgan fingerprint density at radius 3 is 3.05 bits per heavy atom. The fourth-order valence-corrected chi connectivity index (χ4v) is 1.51. The summed E-state index contributed by atoms with van der Waals surface area (Å²) >= 11 is 0. The molecule has 2 aromatic heterocycles. The van der Waals surface area contributed by atoms with Crippen molar-refractivity contribution in [2.45, 2.75) is 0 Å². The third-order valence-electron chi connectivity index (χ3n) is 2.58. The number of rotatable bonds is 4. The number of fused-ring (bicyclic) bond motifs is 1. The smallest absolute Gasteiger partial charge is 0.271 e. The maximum Gasteiger partial charge on any atom is 0.271 e. The maximum atomic E-state index is 11.9. The number of nitrogens with one attached hydrogen (secondary N) is 1. The molecule has 0 unspecified atom stereocenters. The van der Waals surface area contributed by atoms with Crippen LogP contribution >= 0.6 is 0 Å². The molecular weight excluding hydrogens is 248 g/mol. The molecule has 0 bridgehead atoms. The second-order valence-corrected chi connectivity index (χ2v) is 3.88. The van der Waals surface area contributed by atoms with Crippen molar-refractivity contribution in [3.63, 3.8) is 0 Å². The van der Waals surface area contributed by atoms with Crippen LogP contribution in [0.3, 0.4) is 0 Å². The lowest BCUT2D eigenvalue weighted by Crippen LogP contribution is -2.35. The van der Waals surface area contributed by atoms with Crippen LogP contribution in [0.2, 0.25) is 0 Å². The lowest BCUT2D eigenvalue weighted by Gasteiger charge is -2.13. The molecule has 0 aliphatic rings. The van der Waals surface area contributed by atoms with Gasteiger partial charge in [-0.2, -0.15) is 5.06 Å². The van der Waals surface area contributed by atoms with E-state index < -0.39 is 5.91 Å². The largest absolute Gasteiger partial charge is 0.336 e. The number of carbonyl (C=O) groups is 1. The summed E-state index contributed by atoms with van der Waals surface area (Å²) in [6.45, 7) is 0.200. The highest BCUT2D eigenvalue weighted by Gasteiger charge is 2.10. The van der Waals surface area contributed by atoms with Crippen molar-refractivity contribution in [2.75, 3.05) is 20.8 Å². The maximum absolute atomic E-state index is 11.9. The van der Waals surface area contributed by atoms with Crippen molar-refractivity contribution in [2.24, 2.45) is 0 Å². The van der Waals surface area contributed by atoms with Gasteiger partial charge in [-0.3, -0.25) is 14.0 Å². The molecule has 7 heteroatoms. The average molecular weight is 262 g/mol. The number of carbonyl (C=O) groups excluding carboxylic acids is 1. The van der Waals surface area contributed by atoms with E-state index in [1.807, 2.05) is 0 Å². The van der Waals surface area contributed by atoms with E-state index in [-0.39, 0.29) is 17.9 Å².